The van der Waals surface area contributed by atoms with Crippen molar-refractivity contribution < 1.29 is 14.7 Å². The number of carboxylic acids is 1. The van der Waals surface area contributed by atoms with Gasteiger partial charge in [-0.1, -0.05) is 34.1 Å². The lowest BCUT2D eigenvalue weighted by Gasteiger charge is -2.08. The van der Waals surface area contributed by atoms with E-state index in [9.17, 15) is 9.59 Å². The highest BCUT2D eigenvalue weighted by molar-refractivity contribution is 9.10. The molecule has 1 amide bonds. The third kappa shape index (κ3) is 3.21. The smallest absolute Gasteiger partial charge is 0.338 e. The molecule has 1 heterocycles. The molecule has 0 saturated heterocycles. The van der Waals surface area contributed by atoms with E-state index in [0.717, 1.165) is 10.0 Å². The minimum atomic E-state index is -1.18. The second-order valence-electron chi connectivity index (χ2n) is 3.98. The van der Waals surface area contributed by atoms with Crippen LogP contribution in [0.25, 0.3) is 0 Å². The van der Waals surface area contributed by atoms with Crippen molar-refractivity contribution in [2.24, 2.45) is 0 Å². The van der Waals surface area contributed by atoms with Crippen LogP contribution in [0.3, 0.4) is 0 Å². The molecule has 0 radical (unpaired) electrons. The number of aromatic nitrogens is 1. The van der Waals surface area contributed by atoms with E-state index in [-0.39, 0.29) is 17.8 Å². The number of carboxylic acid groups (broad SMARTS) is 1. The van der Waals surface area contributed by atoms with Gasteiger partial charge in [0.05, 0.1) is 5.56 Å². The molecule has 0 aliphatic rings. The maximum absolute atomic E-state index is 12.0. The summed E-state index contributed by atoms with van der Waals surface area (Å²) < 4.78 is 0.875. The van der Waals surface area contributed by atoms with Gasteiger partial charge in [-0.15, -0.1) is 0 Å². The Balaban J connectivity index is 2.14. The predicted molar refractivity (Wildman–Crippen MR) is 76.5 cm³/mol. The third-order valence-electron chi connectivity index (χ3n) is 2.65. The van der Waals surface area contributed by atoms with E-state index in [1.54, 1.807) is 0 Å². The fraction of sp³-hybridized carbons (Fsp3) is 0.0714. The highest BCUT2D eigenvalue weighted by atomic mass is 79.9. The molecule has 20 heavy (non-hydrogen) atoms. The highest BCUT2D eigenvalue weighted by Crippen LogP contribution is 2.15. The Kier molecular flexibility index (Phi) is 4.47. The Labute approximate surface area is 123 Å². The Morgan fingerprint density at radius 1 is 1.20 bits per heavy atom. The number of carbonyl (C=O) groups excluding carboxylic acids is 1. The quantitative estimate of drug-likeness (QED) is 0.900. The van der Waals surface area contributed by atoms with Crippen LogP contribution >= 0.6 is 15.9 Å². The molecule has 1 aromatic carbocycles. The number of benzene rings is 1. The predicted octanol–water partition coefficient (Wildman–Crippen LogP) is 2.47. The van der Waals surface area contributed by atoms with Gasteiger partial charge >= 0.3 is 5.97 Å². The lowest BCUT2D eigenvalue weighted by atomic mass is 10.1. The summed E-state index contributed by atoms with van der Waals surface area (Å²) in [6.45, 7) is 0.288. The van der Waals surface area contributed by atoms with Crippen LogP contribution in [0.5, 0.6) is 0 Å². The molecule has 2 rings (SSSR count). The number of halogens is 1. The van der Waals surface area contributed by atoms with Gasteiger partial charge in [-0.2, -0.15) is 0 Å². The number of pyridine rings is 1. The van der Waals surface area contributed by atoms with E-state index >= 15 is 0 Å². The van der Waals surface area contributed by atoms with Crippen LogP contribution in [0.1, 0.15) is 26.4 Å². The van der Waals surface area contributed by atoms with Gasteiger partial charge in [-0.25, -0.2) is 4.79 Å². The monoisotopic (exact) mass is 334 g/mol. The minimum Gasteiger partial charge on any atom is -0.478 e. The molecule has 5 nitrogen and oxygen atoms in total. The fourth-order valence-electron chi connectivity index (χ4n) is 1.66. The molecule has 1 aromatic heterocycles. The summed E-state index contributed by atoms with van der Waals surface area (Å²) in [7, 11) is 0. The van der Waals surface area contributed by atoms with Crippen LogP contribution in [-0.2, 0) is 6.54 Å². The van der Waals surface area contributed by atoms with Crippen molar-refractivity contribution in [3.05, 3.63) is 63.9 Å². The number of nitrogens with one attached hydrogen (secondary N) is 1. The number of hydrogen-bond donors (Lipinski definition) is 2. The van der Waals surface area contributed by atoms with Gasteiger partial charge < -0.3 is 10.4 Å². The third-order valence-corrected chi connectivity index (χ3v) is 3.42. The zero-order valence-electron chi connectivity index (χ0n) is 10.3. The van der Waals surface area contributed by atoms with Gasteiger partial charge in [0, 0.05) is 17.2 Å². The number of carbonyl (C=O) groups is 2. The molecule has 6 heteroatoms. The second-order valence-corrected chi connectivity index (χ2v) is 4.83. The van der Waals surface area contributed by atoms with Gasteiger partial charge in [0.1, 0.15) is 5.69 Å². The average molecular weight is 335 g/mol. The summed E-state index contributed by atoms with van der Waals surface area (Å²) in [5.74, 6) is -1.69. The first-order valence-electron chi connectivity index (χ1n) is 5.79. The Hall–Kier alpha value is -2.21. The second kappa shape index (κ2) is 6.29. The zero-order chi connectivity index (χ0) is 14.5. The number of aromatic carboxylic acids is 1. The van der Waals surface area contributed by atoms with Gasteiger partial charge in [-0.3, -0.25) is 9.78 Å². The van der Waals surface area contributed by atoms with Crippen molar-refractivity contribution >= 4 is 27.8 Å². The molecule has 0 aliphatic heterocycles. The van der Waals surface area contributed by atoms with Gasteiger partial charge in [0.2, 0.25) is 0 Å². The maximum atomic E-state index is 12.0. The molecule has 0 fully saturated rings. The van der Waals surface area contributed by atoms with Crippen molar-refractivity contribution in [2.75, 3.05) is 0 Å². The van der Waals surface area contributed by atoms with Gasteiger partial charge in [0.15, 0.2) is 0 Å². The van der Waals surface area contributed by atoms with Crippen LogP contribution in [0.4, 0.5) is 0 Å². The Morgan fingerprint density at radius 2 is 1.95 bits per heavy atom. The van der Waals surface area contributed by atoms with Crippen molar-refractivity contribution in [1.29, 1.82) is 0 Å². The first-order valence-corrected chi connectivity index (χ1v) is 6.59. The van der Waals surface area contributed by atoms with Crippen molar-refractivity contribution in [3.63, 3.8) is 0 Å². The Morgan fingerprint density at radius 3 is 2.65 bits per heavy atom. The summed E-state index contributed by atoms with van der Waals surface area (Å²) in [6.07, 6.45) is 1.39. The number of nitrogens with zero attached hydrogens (tertiary/aromatic N) is 1. The summed E-state index contributed by atoms with van der Waals surface area (Å²) in [5.41, 5.74) is 0.692. The first-order chi connectivity index (χ1) is 9.59. The van der Waals surface area contributed by atoms with Crippen molar-refractivity contribution in [1.82, 2.24) is 10.3 Å². The molecular weight excluding hydrogens is 324 g/mol. The van der Waals surface area contributed by atoms with E-state index in [1.165, 1.54) is 18.3 Å². The van der Waals surface area contributed by atoms with Crippen LogP contribution in [-0.4, -0.2) is 22.0 Å². The van der Waals surface area contributed by atoms with E-state index in [1.807, 2.05) is 24.3 Å². The number of rotatable bonds is 4. The molecular formula is C14H11BrN2O3. The van der Waals surface area contributed by atoms with Gasteiger partial charge in [0.25, 0.3) is 5.91 Å². The fourth-order valence-corrected chi connectivity index (χ4v) is 2.08. The summed E-state index contributed by atoms with van der Waals surface area (Å²) in [6, 6.07) is 10.3. The van der Waals surface area contributed by atoms with E-state index in [2.05, 4.69) is 26.2 Å². The molecule has 2 N–H and O–H groups in total. The van der Waals surface area contributed by atoms with Crippen molar-refractivity contribution in [3.8, 4) is 0 Å². The first kappa shape index (κ1) is 14.2. The molecule has 0 saturated carbocycles. The lowest BCUT2D eigenvalue weighted by Crippen LogP contribution is -2.26. The van der Waals surface area contributed by atoms with Crippen LogP contribution in [0.15, 0.2) is 47.1 Å². The van der Waals surface area contributed by atoms with Crippen molar-refractivity contribution in [2.45, 2.75) is 6.54 Å². The molecule has 0 aliphatic carbocycles. The lowest BCUT2D eigenvalue weighted by molar-refractivity contribution is 0.0690. The zero-order valence-corrected chi connectivity index (χ0v) is 11.9. The standard InChI is InChI=1S/C14H11BrN2O3/c15-11-6-2-1-4-9(11)8-17-13(18)12-10(14(19)20)5-3-7-16-12/h1-7H,8H2,(H,17,18)(H,19,20). The largest absolute Gasteiger partial charge is 0.478 e. The van der Waals surface area contributed by atoms with Gasteiger partial charge in [-0.05, 0) is 23.8 Å². The molecule has 102 valence electrons. The molecule has 0 spiro atoms. The van der Waals surface area contributed by atoms with E-state index < -0.39 is 11.9 Å². The minimum absolute atomic E-state index is 0.0907. The topological polar surface area (TPSA) is 79.3 Å². The molecule has 2 aromatic rings. The maximum Gasteiger partial charge on any atom is 0.338 e. The molecule has 0 atom stereocenters. The summed E-state index contributed by atoms with van der Waals surface area (Å²) >= 11 is 3.38. The Bertz CT molecular complexity index is 658. The summed E-state index contributed by atoms with van der Waals surface area (Å²) in [4.78, 5) is 26.9. The molecule has 0 bridgehead atoms. The van der Waals surface area contributed by atoms with Crippen LogP contribution < -0.4 is 5.32 Å². The van der Waals surface area contributed by atoms with Crippen LogP contribution in [0, 0.1) is 0 Å². The SMILES string of the molecule is O=C(O)c1cccnc1C(=O)NCc1ccccc1Br. The normalized spacial score (nSPS) is 10.1. The molecule has 0 unspecified atom stereocenters. The van der Waals surface area contributed by atoms with E-state index in [4.69, 9.17) is 5.11 Å². The highest BCUT2D eigenvalue weighted by Gasteiger charge is 2.17. The number of amides is 1. The van der Waals surface area contributed by atoms with Crippen LogP contribution in [0.2, 0.25) is 0 Å². The van der Waals surface area contributed by atoms with E-state index in [0.29, 0.717) is 0 Å². The number of hydrogen-bond acceptors (Lipinski definition) is 3. The average Bonchev–Trinajstić information content (AvgIpc) is 2.46. The summed E-state index contributed by atoms with van der Waals surface area (Å²) in [5, 5.41) is 11.7.